The Labute approximate surface area is 111 Å². The fourth-order valence-corrected chi connectivity index (χ4v) is 2.86. The van der Waals surface area contributed by atoms with Crippen molar-refractivity contribution >= 4 is 29.0 Å². The second kappa shape index (κ2) is 4.96. The van der Waals surface area contributed by atoms with Gasteiger partial charge in [0.05, 0.1) is 12.1 Å². The largest absolute Gasteiger partial charge is 0.394 e. The lowest BCUT2D eigenvalue weighted by Gasteiger charge is -2.37. The van der Waals surface area contributed by atoms with Crippen molar-refractivity contribution < 1.29 is 5.11 Å². The first kappa shape index (κ1) is 12.9. The SMILES string of the molecule is CCC1(CO)CCCN1c1cc(Cl)nc(Cl)n1. The van der Waals surface area contributed by atoms with Crippen LogP contribution in [0.15, 0.2) is 6.07 Å². The van der Waals surface area contributed by atoms with Gasteiger partial charge in [0.25, 0.3) is 0 Å². The molecule has 0 radical (unpaired) electrons. The second-order valence-corrected chi connectivity index (χ2v) is 5.03. The summed E-state index contributed by atoms with van der Waals surface area (Å²) in [5.41, 5.74) is -0.235. The van der Waals surface area contributed by atoms with Crippen LogP contribution < -0.4 is 4.90 Å². The molecule has 17 heavy (non-hydrogen) atoms. The molecule has 0 bridgehead atoms. The Morgan fingerprint density at radius 3 is 2.82 bits per heavy atom. The number of aromatic nitrogens is 2. The summed E-state index contributed by atoms with van der Waals surface area (Å²) < 4.78 is 0. The van der Waals surface area contributed by atoms with Gasteiger partial charge in [0.1, 0.15) is 11.0 Å². The zero-order valence-electron chi connectivity index (χ0n) is 9.66. The lowest BCUT2D eigenvalue weighted by Crippen LogP contribution is -2.47. The molecule has 94 valence electrons. The molecule has 1 aliphatic heterocycles. The minimum Gasteiger partial charge on any atom is -0.394 e. The zero-order valence-corrected chi connectivity index (χ0v) is 11.2. The molecular weight excluding hydrogens is 261 g/mol. The van der Waals surface area contributed by atoms with E-state index < -0.39 is 0 Å². The average Bonchev–Trinajstić information content (AvgIpc) is 2.72. The third-order valence-corrected chi connectivity index (χ3v) is 3.84. The fourth-order valence-electron chi connectivity index (χ4n) is 2.46. The highest BCUT2D eigenvalue weighted by Gasteiger charge is 2.39. The Balaban J connectivity index is 2.38. The lowest BCUT2D eigenvalue weighted by molar-refractivity contribution is 0.192. The summed E-state index contributed by atoms with van der Waals surface area (Å²) in [4.78, 5) is 10.1. The minimum atomic E-state index is -0.235. The molecule has 1 saturated heterocycles. The number of nitrogens with zero attached hydrogens (tertiary/aromatic N) is 3. The van der Waals surface area contributed by atoms with Crippen LogP contribution in [0.1, 0.15) is 26.2 Å². The number of aliphatic hydroxyl groups excluding tert-OH is 1. The normalized spacial score (nSPS) is 24.4. The maximum Gasteiger partial charge on any atom is 0.225 e. The van der Waals surface area contributed by atoms with Crippen LogP contribution in [0.5, 0.6) is 0 Å². The Morgan fingerprint density at radius 1 is 1.47 bits per heavy atom. The van der Waals surface area contributed by atoms with Crippen molar-refractivity contribution in [2.45, 2.75) is 31.7 Å². The Bertz CT molecular complexity index is 389. The Kier molecular flexibility index (Phi) is 3.76. The number of aliphatic hydroxyl groups is 1. The van der Waals surface area contributed by atoms with Crippen LogP contribution in [0.4, 0.5) is 5.82 Å². The number of anilines is 1. The lowest BCUT2D eigenvalue weighted by atomic mass is 9.94. The van der Waals surface area contributed by atoms with Gasteiger partial charge < -0.3 is 10.0 Å². The van der Waals surface area contributed by atoms with Crippen molar-refractivity contribution in [3.8, 4) is 0 Å². The van der Waals surface area contributed by atoms with Crippen LogP contribution in [0.3, 0.4) is 0 Å². The van der Waals surface area contributed by atoms with Crippen molar-refractivity contribution in [3.63, 3.8) is 0 Å². The third-order valence-electron chi connectivity index (χ3n) is 3.48. The van der Waals surface area contributed by atoms with Gasteiger partial charge in [-0.3, -0.25) is 0 Å². The van der Waals surface area contributed by atoms with Crippen LogP contribution in [-0.2, 0) is 0 Å². The van der Waals surface area contributed by atoms with Gasteiger partial charge in [-0.1, -0.05) is 18.5 Å². The summed E-state index contributed by atoms with van der Waals surface area (Å²) >= 11 is 11.7. The monoisotopic (exact) mass is 275 g/mol. The van der Waals surface area contributed by atoms with Crippen LogP contribution in [0.2, 0.25) is 10.4 Å². The third kappa shape index (κ3) is 2.34. The molecule has 0 saturated carbocycles. The van der Waals surface area contributed by atoms with E-state index in [-0.39, 0.29) is 17.4 Å². The standard InChI is InChI=1S/C11H15Cl2N3O/c1-2-11(7-17)4-3-5-16(11)9-6-8(12)14-10(13)15-9/h6,17H,2-5,7H2,1H3. The van der Waals surface area contributed by atoms with Crippen LogP contribution >= 0.6 is 23.2 Å². The zero-order chi connectivity index (χ0) is 12.5. The molecule has 1 aromatic heterocycles. The summed E-state index contributed by atoms with van der Waals surface area (Å²) in [6.45, 7) is 3.04. The topological polar surface area (TPSA) is 49.2 Å². The molecule has 1 aliphatic rings. The Morgan fingerprint density at radius 2 is 2.24 bits per heavy atom. The highest BCUT2D eigenvalue weighted by Crippen LogP contribution is 2.36. The number of rotatable bonds is 3. The molecule has 1 unspecified atom stereocenters. The van der Waals surface area contributed by atoms with Gasteiger partial charge in [0.15, 0.2) is 0 Å². The van der Waals surface area contributed by atoms with Crippen molar-refractivity contribution in [1.29, 1.82) is 0 Å². The molecule has 2 heterocycles. The first-order valence-corrected chi connectivity index (χ1v) is 6.45. The molecule has 1 aromatic rings. The molecule has 1 fully saturated rings. The van der Waals surface area contributed by atoms with Crippen molar-refractivity contribution in [3.05, 3.63) is 16.5 Å². The van der Waals surface area contributed by atoms with Crippen LogP contribution in [0, 0.1) is 0 Å². The summed E-state index contributed by atoms with van der Waals surface area (Å²) in [6, 6.07) is 1.69. The predicted octanol–water partition coefficient (Wildman–Crippen LogP) is 2.52. The highest BCUT2D eigenvalue weighted by molar-refractivity contribution is 6.32. The van der Waals surface area contributed by atoms with Gasteiger partial charge in [-0.2, -0.15) is 0 Å². The number of hydrogen-bond acceptors (Lipinski definition) is 4. The summed E-state index contributed by atoms with van der Waals surface area (Å²) in [7, 11) is 0. The summed E-state index contributed by atoms with van der Waals surface area (Å²) in [5.74, 6) is 0.698. The van der Waals surface area contributed by atoms with Gasteiger partial charge in [-0.15, -0.1) is 0 Å². The van der Waals surface area contributed by atoms with E-state index in [1.807, 2.05) is 0 Å². The molecule has 1 N–H and O–H groups in total. The summed E-state index contributed by atoms with van der Waals surface area (Å²) in [5, 5.41) is 10.1. The van der Waals surface area contributed by atoms with Crippen LogP contribution in [0.25, 0.3) is 0 Å². The first-order chi connectivity index (χ1) is 8.11. The molecule has 6 heteroatoms. The maximum absolute atomic E-state index is 9.64. The highest BCUT2D eigenvalue weighted by atomic mass is 35.5. The first-order valence-electron chi connectivity index (χ1n) is 5.70. The molecule has 0 aromatic carbocycles. The predicted molar refractivity (Wildman–Crippen MR) is 68.7 cm³/mol. The van der Waals surface area contributed by atoms with E-state index >= 15 is 0 Å². The molecule has 0 aliphatic carbocycles. The maximum atomic E-state index is 9.64. The molecule has 0 spiro atoms. The van der Waals surface area contributed by atoms with Gasteiger partial charge in [-0.05, 0) is 30.9 Å². The molecule has 2 rings (SSSR count). The van der Waals surface area contributed by atoms with Crippen molar-refractivity contribution in [2.75, 3.05) is 18.1 Å². The van der Waals surface area contributed by atoms with E-state index in [2.05, 4.69) is 21.8 Å². The minimum absolute atomic E-state index is 0.114. The molecular formula is C11H15Cl2N3O. The second-order valence-electron chi connectivity index (χ2n) is 4.31. The van der Waals surface area contributed by atoms with E-state index in [4.69, 9.17) is 23.2 Å². The quantitative estimate of drug-likeness (QED) is 0.680. The Hall–Kier alpha value is -0.580. The van der Waals surface area contributed by atoms with E-state index in [1.54, 1.807) is 6.07 Å². The van der Waals surface area contributed by atoms with E-state index in [0.29, 0.717) is 11.0 Å². The number of hydrogen-bond donors (Lipinski definition) is 1. The summed E-state index contributed by atoms with van der Waals surface area (Å²) in [6.07, 6.45) is 2.86. The average molecular weight is 276 g/mol. The molecule has 1 atom stereocenters. The van der Waals surface area contributed by atoms with E-state index in [9.17, 15) is 5.11 Å². The number of halogens is 2. The van der Waals surface area contributed by atoms with Crippen molar-refractivity contribution in [2.24, 2.45) is 0 Å². The molecule has 0 amide bonds. The van der Waals surface area contributed by atoms with Crippen LogP contribution in [-0.4, -0.2) is 33.8 Å². The fraction of sp³-hybridized carbons (Fsp3) is 0.636. The molecule has 4 nitrogen and oxygen atoms in total. The van der Waals surface area contributed by atoms with E-state index in [0.717, 1.165) is 25.8 Å². The smallest absolute Gasteiger partial charge is 0.225 e. The van der Waals surface area contributed by atoms with Gasteiger partial charge in [0, 0.05) is 12.6 Å². The van der Waals surface area contributed by atoms with Gasteiger partial charge in [-0.25, -0.2) is 9.97 Å². The van der Waals surface area contributed by atoms with Gasteiger partial charge in [0.2, 0.25) is 5.28 Å². The van der Waals surface area contributed by atoms with Crippen molar-refractivity contribution in [1.82, 2.24) is 9.97 Å². The van der Waals surface area contributed by atoms with Gasteiger partial charge >= 0.3 is 0 Å². The van der Waals surface area contributed by atoms with E-state index in [1.165, 1.54) is 0 Å².